The van der Waals surface area contributed by atoms with Crippen molar-refractivity contribution in [2.75, 3.05) is 5.32 Å². The minimum Gasteiger partial charge on any atom is -0.334 e. The number of amides is 1. The van der Waals surface area contributed by atoms with Gasteiger partial charge in [0.2, 0.25) is 5.91 Å². The number of hydrogen-bond acceptors (Lipinski definition) is 4. The largest absolute Gasteiger partial charge is 0.334 e. The highest BCUT2D eigenvalue weighted by Crippen LogP contribution is 2.19. The number of aromatic nitrogens is 2. The third kappa shape index (κ3) is 1.35. The number of nitrogens with one attached hydrogen (secondary N) is 1. The van der Waals surface area contributed by atoms with Gasteiger partial charge in [-0.05, 0) is 12.1 Å². The molecule has 0 radical (unpaired) electrons. The summed E-state index contributed by atoms with van der Waals surface area (Å²) in [6.45, 7) is 1.41. The van der Waals surface area contributed by atoms with E-state index in [1.807, 2.05) is 0 Å². The molecule has 2 rings (SSSR count). The van der Waals surface area contributed by atoms with Crippen molar-refractivity contribution in [1.82, 2.24) is 10.1 Å². The molecule has 0 unspecified atom stereocenters. The number of anilines is 1. The topological polar surface area (TPSA) is 68.0 Å². The lowest BCUT2D eigenvalue weighted by atomic mass is 10.3. The van der Waals surface area contributed by atoms with Crippen LogP contribution in [-0.2, 0) is 4.79 Å². The second-order valence-electron chi connectivity index (χ2n) is 2.57. The standard InChI is InChI=1S/C8H7N3O2/c1-5(12)10-7-6-3-2-4-9-8(6)13-11-7/h2-4H,1H3,(H,10,11,12). The van der Waals surface area contributed by atoms with Crippen molar-refractivity contribution in [3.05, 3.63) is 18.3 Å². The molecule has 0 saturated heterocycles. The van der Waals surface area contributed by atoms with E-state index in [0.29, 0.717) is 16.9 Å². The van der Waals surface area contributed by atoms with E-state index in [1.54, 1.807) is 18.3 Å². The fourth-order valence-electron chi connectivity index (χ4n) is 1.04. The van der Waals surface area contributed by atoms with Crippen LogP contribution in [0.1, 0.15) is 6.92 Å². The van der Waals surface area contributed by atoms with Gasteiger partial charge in [0.05, 0.1) is 5.39 Å². The van der Waals surface area contributed by atoms with Crippen molar-refractivity contribution in [2.24, 2.45) is 0 Å². The van der Waals surface area contributed by atoms with Crippen LogP contribution in [0.25, 0.3) is 11.1 Å². The fourth-order valence-corrected chi connectivity index (χ4v) is 1.04. The van der Waals surface area contributed by atoms with E-state index in [1.165, 1.54) is 6.92 Å². The molecule has 0 aromatic carbocycles. The van der Waals surface area contributed by atoms with E-state index in [9.17, 15) is 4.79 Å². The van der Waals surface area contributed by atoms with E-state index >= 15 is 0 Å². The lowest BCUT2D eigenvalue weighted by Gasteiger charge is -1.93. The first-order valence-corrected chi connectivity index (χ1v) is 3.75. The smallest absolute Gasteiger partial charge is 0.259 e. The Bertz CT molecular complexity index is 449. The predicted octanol–water partition coefficient (Wildman–Crippen LogP) is 1.18. The summed E-state index contributed by atoms with van der Waals surface area (Å²) in [5, 5.41) is 6.92. The minimum atomic E-state index is -0.181. The highest BCUT2D eigenvalue weighted by Gasteiger charge is 2.08. The van der Waals surface area contributed by atoms with Crippen LogP contribution in [0.2, 0.25) is 0 Å². The van der Waals surface area contributed by atoms with Crippen molar-refractivity contribution in [2.45, 2.75) is 6.92 Å². The van der Waals surface area contributed by atoms with Crippen LogP contribution in [0.3, 0.4) is 0 Å². The van der Waals surface area contributed by atoms with Crippen LogP contribution in [0.5, 0.6) is 0 Å². The number of pyridine rings is 1. The normalized spacial score (nSPS) is 10.2. The molecule has 0 aliphatic rings. The molecule has 0 aliphatic heterocycles. The molecular weight excluding hydrogens is 170 g/mol. The molecule has 0 bridgehead atoms. The number of carbonyl (C=O) groups is 1. The second kappa shape index (κ2) is 2.85. The highest BCUT2D eigenvalue weighted by molar-refractivity contribution is 5.96. The van der Waals surface area contributed by atoms with Gasteiger partial charge in [-0.2, -0.15) is 0 Å². The van der Waals surface area contributed by atoms with Crippen molar-refractivity contribution in [1.29, 1.82) is 0 Å². The van der Waals surface area contributed by atoms with Gasteiger partial charge < -0.3 is 9.84 Å². The molecule has 13 heavy (non-hydrogen) atoms. The number of fused-ring (bicyclic) bond motifs is 1. The van der Waals surface area contributed by atoms with E-state index in [-0.39, 0.29) is 5.91 Å². The van der Waals surface area contributed by atoms with Crippen molar-refractivity contribution < 1.29 is 9.32 Å². The van der Waals surface area contributed by atoms with Crippen LogP contribution in [0, 0.1) is 0 Å². The van der Waals surface area contributed by atoms with Gasteiger partial charge in [0.25, 0.3) is 5.71 Å². The van der Waals surface area contributed by atoms with Crippen LogP contribution < -0.4 is 5.32 Å². The Kier molecular flexibility index (Phi) is 1.70. The van der Waals surface area contributed by atoms with Gasteiger partial charge in [0.1, 0.15) is 0 Å². The Morgan fingerprint density at radius 2 is 2.46 bits per heavy atom. The molecule has 0 aliphatic carbocycles. The number of carbonyl (C=O) groups excluding carboxylic acids is 1. The molecule has 2 aromatic heterocycles. The monoisotopic (exact) mass is 177 g/mol. The molecule has 1 N–H and O–H groups in total. The molecule has 0 atom stereocenters. The van der Waals surface area contributed by atoms with Crippen molar-refractivity contribution in [3.63, 3.8) is 0 Å². The predicted molar refractivity (Wildman–Crippen MR) is 46.1 cm³/mol. The number of rotatable bonds is 1. The minimum absolute atomic E-state index is 0.181. The summed E-state index contributed by atoms with van der Waals surface area (Å²) in [6, 6.07) is 3.54. The summed E-state index contributed by atoms with van der Waals surface area (Å²) >= 11 is 0. The average Bonchev–Trinajstić information content (AvgIpc) is 2.48. The van der Waals surface area contributed by atoms with Crippen LogP contribution in [0.15, 0.2) is 22.9 Å². The molecule has 2 heterocycles. The van der Waals surface area contributed by atoms with Crippen LogP contribution in [-0.4, -0.2) is 16.0 Å². The average molecular weight is 177 g/mol. The molecule has 2 aromatic rings. The quantitative estimate of drug-likeness (QED) is 0.710. The Morgan fingerprint density at radius 1 is 1.62 bits per heavy atom. The Hall–Kier alpha value is -1.91. The zero-order valence-corrected chi connectivity index (χ0v) is 6.94. The number of hydrogen-bond donors (Lipinski definition) is 1. The van der Waals surface area contributed by atoms with Gasteiger partial charge in [-0.15, -0.1) is 0 Å². The van der Waals surface area contributed by atoms with Gasteiger partial charge in [-0.1, -0.05) is 5.16 Å². The SMILES string of the molecule is CC(=O)Nc1noc2ncccc12. The first kappa shape index (κ1) is 7.72. The molecule has 1 amide bonds. The second-order valence-corrected chi connectivity index (χ2v) is 2.57. The summed E-state index contributed by atoms with van der Waals surface area (Å²) in [6.07, 6.45) is 1.60. The van der Waals surface area contributed by atoms with Crippen molar-refractivity contribution >= 4 is 22.8 Å². The molecule has 0 saturated carbocycles. The molecule has 0 fully saturated rings. The molecular formula is C8H7N3O2. The van der Waals surface area contributed by atoms with E-state index in [2.05, 4.69) is 15.5 Å². The molecule has 66 valence electrons. The maximum atomic E-state index is 10.7. The number of nitrogens with zero attached hydrogens (tertiary/aromatic N) is 2. The first-order chi connectivity index (χ1) is 6.27. The fraction of sp³-hybridized carbons (Fsp3) is 0.125. The van der Waals surface area contributed by atoms with E-state index in [4.69, 9.17) is 4.52 Å². The summed E-state index contributed by atoms with van der Waals surface area (Å²) in [5.41, 5.74) is 0.422. The maximum absolute atomic E-state index is 10.7. The highest BCUT2D eigenvalue weighted by atomic mass is 16.5. The summed E-state index contributed by atoms with van der Waals surface area (Å²) < 4.78 is 4.87. The van der Waals surface area contributed by atoms with E-state index in [0.717, 1.165) is 0 Å². The zero-order valence-electron chi connectivity index (χ0n) is 6.94. The van der Waals surface area contributed by atoms with Crippen LogP contribution in [0.4, 0.5) is 5.82 Å². The first-order valence-electron chi connectivity index (χ1n) is 3.75. The lowest BCUT2D eigenvalue weighted by molar-refractivity contribution is -0.114. The molecule has 5 nitrogen and oxygen atoms in total. The summed E-state index contributed by atoms with van der Waals surface area (Å²) in [4.78, 5) is 14.7. The van der Waals surface area contributed by atoms with E-state index < -0.39 is 0 Å². The van der Waals surface area contributed by atoms with Crippen molar-refractivity contribution in [3.8, 4) is 0 Å². The Balaban J connectivity index is 2.51. The third-order valence-corrected chi connectivity index (χ3v) is 1.54. The lowest BCUT2D eigenvalue weighted by Crippen LogP contribution is -2.05. The van der Waals surface area contributed by atoms with Gasteiger partial charge in [0, 0.05) is 13.1 Å². The molecule has 5 heteroatoms. The Morgan fingerprint density at radius 3 is 3.23 bits per heavy atom. The zero-order chi connectivity index (χ0) is 9.26. The Labute approximate surface area is 73.7 Å². The summed E-state index contributed by atoms with van der Waals surface area (Å²) in [7, 11) is 0. The maximum Gasteiger partial charge on any atom is 0.259 e. The van der Waals surface area contributed by atoms with Gasteiger partial charge in [-0.25, -0.2) is 4.98 Å². The molecule has 0 spiro atoms. The van der Waals surface area contributed by atoms with Gasteiger partial charge >= 0.3 is 0 Å². The van der Waals surface area contributed by atoms with Crippen LogP contribution >= 0.6 is 0 Å². The summed E-state index contributed by atoms with van der Waals surface area (Å²) in [5.74, 6) is 0.231. The van der Waals surface area contributed by atoms with Gasteiger partial charge in [0.15, 0.2) is 5.82 Å². The third-order valence-electron chi connectivity index (χ3n) is 1.54. The van der Waals surface area contributed by atoms with Gasteiger partial charge in [-0.3, -0.25) is 4.79 Å².